The zero-order valence-electron chi connectivity index (χ0n) is 13.7. The number of fused-ring (bicyclic) bond motifs is 1. The van der Waals surface area contributed by atoms with E-state index in [0.717, 1.165) is 5.52 Å². The molecule has 8 heteroatoms. The molecule has 128 valence electrons. The number of benzene rings is 1. The highest BCUT2D eigenvalue weighted by molar-refractivity contribution is 5.98. The average molecular weight is 340 g/mol. The molecular weight excluding hydrogens is 324 g/mol. The van der Waals surface area contributed by atoms with Crippen molar-refractivity contribution >= 4 is 28.2 Å². The molecule has 3 aromatic rings. The van der Waals surface area contributed by atoms with Crippen LogP contribution in [-0.2, 0) is 11.2 Å². The van der Waals surface area contributed by atoms with Crippen LogP contribution in [0.15, 0.2) is 42.7 Å². The summed E-state index contributed by atoms with van der Waals surface area (Å²) in [4.78, 5) is 31.7. The van der Waals surface area contributed by atoms with Gasteiger partial charge < -0.3 is 14.6 Å². The van der Waals surface area contributed by atoms with Gasteiger partial charge in [0.2, 0.25) is 11.8 Å². The first-order chi connectivity index (χ1) is 12.0. The molecule has 8 nitrogen and oxygen atoms in total. The van der Waals surface area contributed by atoms with Crippen molar-refractivity contribution in [1.82, 2.24) is 9.97 Å². The van der Waals surface area contributed by atoms with Crippen molar-refractivity contribution < 1.29 is 14.5 Å². The standard InChI is InChI=1S/C17H16N4O4/c1-20(15-4-3-7-18-17(15)25-2)16(22)8-11-10-19-14-6-5-12(21(23)24)9-13(11)14/h3-7,9-10,19H,8H2,1-2H3. The van der Waals surface area contributed by atoms with Gasteiger partial charge in [-0.05, 0) is 23.8 Å². The van der Waals surface area contributed by atoms with Gasteiger partial charge in [0.05, 0.1) is 18.5 Å². The van der Waals surface area contributed by atoms with Gasteiger partial charge in [-0.2, -0.15) is 0 Å². The van der Waals surface area contributed by atoms with Crippen molar-refractivity contribution in [1.29, 1.82) is 0 Å². The van der Waals surface area contributed by atoms with Crippen LogP contribution in [0.1, 0.15) is 5.56 Å². The average Bonchev–Trinajstić information content (AvgIpc) is 3.03. The van der Waals surface area contributed by atoms with E-state index in [1.54, 1.807) is 37.6 Å². The number of likely N-dealkylation sites (N-methyl/N-ethyl adjacent to an activating group) is 1. The van der Waals surface area contributed by atoms with Gasteiger partial charge in [0.1, 0.15) is 5.69 Å². The molecule has 0 saturated heterocycles. The lowest BCUT2D eigenvalue weighted by molar-refractivity contribution is -0.384. The van der Waals surface area contributed by atoms with Crippen LogP contribution in [0.2, 0.25) is 0 Å². The van der Waals surface area contributed by atoms with Crippen LogP contribution in [0.25, 0.3) is 10.9 Å². The number of carbonyl (C=O) groups is 1. The number of nitrogens with one attached hydrogen (secondary N) is 1. The van der Waals surface area contributed by atoms with Crippen LogP contribution in [-0.4, -0.2) is 35.0 Å². The lowest BCUT2D eigenvalue weighted by atomic mass is 10.1. The van der Waals surface area contributed by atoms with E-state index in [9.17, 15) is 14.9 Å². The lowest BCUT2D eigenvalue weighted by Crippen LogP contribution is -2.28. The van der Waals surface area contributed by atoms with Crippen molar-refractivity contribution in [2.24, 2.45) is 0 Å². The number of carbonyl (C=O) groups excluding carboxylic acids is 1. The first-order valence-electron chi connectivity index (χ1n) is 7.51. The molecule has 1 aromatic carbocycles. The van der Waals surface area contributed by atoms with Crippen molar-refractivity contribution in [3.63, 3.8) is 0 Å². The summed E-state index contributed by atoms with van der Waals surface area (Å²) in [6.07, 6.45) is 3.37. The van der Waals surface area contributed by atoms with Gasteiger partial charge >= 0.3 is 0 Å². The highest BCUT2D eigenvalue weighted by Crippen LogP contribution is 2.27. The minimum Gasteiger partial charge on any atom is -0.480 e. The topological polar surface area (TPSA) is 101 Å². The summed E-state index contributed by atoms with van der Waals surface area (Å²) in [6.45, 7) is 0. The number of hydrogen-bond donors (Lipinski definition) is 1. The molecule has 1 N–H and O–H groups in total. The maximum absolute atomic E-state index is 12.6. The number of nitrogens with zero attached hydrogens (tertiary/aromatic N) is 3. The van der Waals surface area contributed by atoms with E-state index in [1.165, 1.54) is 24.1 Å². The summed E-state index contributed by atoms with van der Waals surface area (Å²) >= 11 is 0. The zero-order valence-corrected chi connectivity index (χ0v) is 13.7. The van der Waals surface area contributed by atoms with Crippen LogP contribution < -0.4 is 9.64 Å². The van der Waals surface area contributed by atoms with Crippen molar-refractivity contribution in [3.8, 4) is 5.88 Å². The number of nitro benzene ring substituents is 1. The molecule has 3 rings (SSSR count). The molecule has 1 amide bonds. The summed E-state index contributed by atoms with van der Waals surface area (Å²) < 4.78 is 5.18. The number of aromatic nitrogens is 2. The van der Waals surface area contributed by atoms with Crippen molar-refractivity contribution in [2.75, 3.05) is 19.1 Å². The first kappa shape index (κ1) is 16.4. The van der Waals surface area contributed by atoms with E-state index in [1.807, 2.05) is 0 Å². The Hall–Kier alpha value is -3.42. The fraction of sp³-hybridized carbons (Fsp3) is 0.176. The SMILES string of the molecule is COc1ncccc1N(C)C(=O)Cc1c[nH]c2ccc([N+](=O)[O-])cc12. The Morgan fingerprint density at radius 2 is 2.20 bits per heavy atom. The summed E-state index contributed by atoms with van der Waals surface area (Å²) in [6, 6.07) is 7.99. The molecule has 0 unspecified atom stereocenters. The predicted molar refractivity (Wildman–Crippen MR) is 92.9 cm³/mol. The van der Waals surface area contributed by atoms with Crippen LogP contribution in [0.5, 0.6) is 5.88 Å². The number of pyridine rings is 1. The van der Waals surface area contributed by atoms with Crippen LogP contribution >= 0.6 is 0 Å². The third-order valence-electron chi connectivity index (χ3n) is 3.98. The van der Waals surface area contributed by atoms with Gasteiger partial charge in [-0.1, -0.05) is 0 Å². The molecular formula is C17H16N4O4. The van der Waals surface area contributed by atoms with Crippen LogP contribution in [0.4, 0.5) is 11.4 Å². The summed E-state index contributed by atoms with van der Waals surface area (Å²) in [7, 11) is 3.13. The highest BCUT2D eigenvalue weighted by Gasteiger charge is 2.18. The molecule has 0 spiro atoms. The molecule has 0 bridgehead atoms. The Labute approximate surface area is 143 Å². The number of non-ortho nitro benzene ring substituents is 1. The Balaban J connectivity index is 1.89. The molecule has 2 aromatic heterocycles. The lowest BCUT2D eigenvalue weighted by Gasteiger charge is -2.18. The summed E-state index contributed by atoms with van der Waals surface area (Å²) in [5.41, 5.74) is 1.98. The summed E-state index contributed by atoms with van der Waals surface area (Å²) in [5.74, 6) is 0.173. The second-order valence-electron chi connectivity index (χ2n) is 5.46. The Morgan fingerprint density at radius 1 is 1.40 bits per heavy atom. The van der Waals surface area contributed by atoms with Crippen LogP contribution in [0.3, 0.4) is 0 Å². The fourth-order valence-corrected chi connectivity index (χ4v) is 2.64. The molecule has 0 aliphatic heterocycles. The second kappa shape index (κ2) is 6.60. The number of aromatic amines is 1. The Bertz CT molecular complexity index is 951. The number of anilines is 1. The van der Waals surface area contributed by atoms with E-state index in [2.05, 4.69) is 9.97 Å². The number of methoxy groups -OCH3 is 1. The zero-order chi connectivity index (χ0) is 18.0. The van der Waals surface area contributed by atoms with Gasteiger partial charge in [-0.15, -0.1) is 0 Å². The van der Waals surface area contributed by atoms with Crippen LogP contribution in [0, 0.1) is 10.1 Å². The molecule has 0 saturated carbocycles. The Morgan fingerprint density at radius 3 is 2.92 bits per heavy atom. The third-order valence-corrected chi connectivity index (χ3v) is 3.98. The van der Waals surface area contributed by atoms with E-state index < -0.39 is 4.92 Å². The van der Waals surface area contributed by atoms with Gasteiger partial charge in [-0.25, -0.2) is 4.98 Å². The third kappa shape index (κ3) is 3.14. The number of nitro groups is 1. The van der Waals surface area contributed by atoms with E-state index in [0.29, 0.717) is 22.5 Å². The highest BCUT2D eigenvalue weighted by atomic mass is 16.6. The van der Waals surface area contributed by atoms with Gasteiger partial charge in [0.15, 0.2) is 0 Å². The number of ether oxygens (including phenoxy) is 1. The van der Waals surface area contributed by atoms with E-state index >= 15 is 0 Å². The van der Waals surface area contributed by atoms with E-state index in [4.69, 9.17) is 4.74 Å². The van der Waals surface area contributed by atoms with Gasteiger partial charge in [0.25, 0.3) is 5.69 Å². The number of amides is 1. The van der Waals surface area contributed by atoms with Gasteiger partial charge in [-0.3, -0.25) is 14.9 Å². The minimum absolute atomic E-state index is 0.0110. The number of rotatable bonds is 5. The molecule has 0 fully saturated rings. The van der Waals surface area contributed by atoms with E-state index in [-0.39, 0.29) is 18.0 Å². The summed E-state index contributed by atoms with van der Waals surface area (Å²) in [5, 5.41) is 11.6. The molecule has 25 heavy (non-hydrogen) atoms. The Kier molecular flexibility index (Phi) is 4.34. The second-order valence-corrected chi connectivity index (χ2v) is 5.46. The number of H-pyrrole nitrogens is 1. The monoisotopic (exact) mass is 340 g/mol. The maximum Gasteiger partial charge on any atom is 0.270 e. The fourth-order valence-electron chi connectivity index (χ4n) is 2.64. The smallest absolute Gasteiger partial charge is 0.270 e. The van der Waals surface area contributed by atoms with Gasteiger partial charge in [0, 0.05) is 42.5 Å². The normalized spacial score (nSPS) is 10.6. The predicted octanol–water partition coefficient (Wildman–Crippen LogP) is 2.69. The molecule has 0 aliphatic carbocycles. The largest absolute Gasteiger partial charge is 0.480 e. The molecule has 2 heterocycles. The molecule has 0 atom stereocenters. The maximum atomic E-state index is 12.6. The quantitative estimate of drug-likeness (QED) is 0.568. The first-order valence-corrected chi connectivity index (χ1v) is 7.51. The van der Waals surface area contributed by atoms with Crippen molar-refractivity contribution in [2.45, 2.75) is 6.42 Å². The van der Waals surface area contributed by atoms with Crippen molar-refractivity contribution in [3.05, 3.63) is 58.4 Å². The number of hydrogen-bond acceptors (Lipinski definition) is 5. The molecule has 0 aliphatic rings. The minimum atomic E-state index is -0.454. The molecule has 0 radical (unpaired) electrons.